The molecule has 1 aliphatic heterocycles. The van der Waals surface area contributed by atoms with Crippen molar-refractivity contribution in [2.24, 2.45) is 17.8 Å². The van der Waals surface area contributed by atoms with Gasteiger partial charge in [-0.3, -0.25) is 4.90 Å². The van der Waals surface area contributed by atoms with E-state index in [4.69, 9.17) is 0 Å². The molecule has 1 saturated carbocycles. The van der Waals surface area contributed by atoms with Crippen molar-refractivity contribution >= 4 is 0 Å². The van der Waals surface area contributed by atoms with E-state index in [1.54, 1.807) is 0 Å². The van der Waals surface area contributed by atoms with E-state index < -0.39 is 0 Å². The number of nitrogens with zero attached hydrogens (tertiary/aromatic N) is 1. The normalized spacial score (nSPS) is 41.7. The molecule has 0 aromatic carbocycles. The molecule has 0 radical (unpaired) electrons. The van der Waals surface area contributed by atoms with Crippen molar-refractivity contribution in [2.75, 3.05) is 13.1 Å². The van der Waals surface area contributed by atoms with Gasteiger partial charge in [-0.25, -0.2) is 0 Å². The Morgan fingerprint density at radius 3 is 2.26 bits per heavy atom. The summed E-state index contributed by atoms with van der Waals surface area (Å²) in [6.45, 7) is 14.4. The van der Waals surface area contributed by atoms with Crippen LogP contribution in [0.2, 0.25) is 0 Å². The molecule has 4 unspecified atom stereocenters. The van der Waals surface area contributed by atoms with Crippen molar-refractivity contribution in [1.29, 1.82) is 0 Å². The summed E-state index contributed by atoms with van der Waals surface area (Å²) in [6.07, 6.45) is 5.57. The van der Waals surface area contributed by atoms with E-state index in [1.165, 1.54) is 38.8 Å². The van der Waals surface area contributed by atoms with Crippen LogP contribution >= 0.6 is 0 Å². The minimum absolute atomic E-state index is 0.690. The van der Waals surface area contributed by atoms with Gasteiger partial charge in [0.05, 0.1) is 0 Å². The van der Waals surface area contributed by atoms with Crippen LogP contribution in [0.4, 0.5) is 0 Å². The maximum Gasteiger partial charge on any atom is 0.0221 e. The zero-order chi connectivity index (χ0) is 14.0. The molecule has 1 heterocycles. The molecule has 0 bridgehead atoms. The first-order valence-electron chi connectivity index (χ1n) is 8.50. The van der Waals surface area contributed by atoms with Crippen LogP contribution < -0.4 is 5.32 Å². The third-order valence-electron chi connectivity index (χ3n) is 5.39. The highest BCUT2D eigenvalue weighted by Gasteiger charge is 2.36. The molecular weight excluding hydrogens is 232 g/mol. The first-order chi connectivity index (χ1) is 9.01. The summed E-state index contributed by atoms with van der Waals surface area (Å²) in [6, 6.07) is 2.29. The lowest BCUT2D eigenvalue weighted by Gasteiger charge is -2.48. The maximum atomic E-state index is 3.77. The quantitative estimate of drug-likeness (QED) is 0.841. The van der Waals surface area contributed by atoms with Crippen molar-refractivity contribution in [1.82, 2.24) is 10.2 Å². The van der Waals surface area contributed by atoms with Crippen molar-refractivity contribution in [3.8, 4) is 0 Å². The van der Waals surface area contributed by atoms with Gasteiger partial charge in [-0.05, 0) is 43.4 Å². The second-order valence-electron chi connectivity index (χ2n) is 7.59. The largest absolute Gasteiger partial charge is 0.311 e. The Morgan fingerprint density at radius 2 is 1.74 bits per heavy atom. The predicted octanol–water partition coefficient (Wildman–Crippen LogP) is 3.52. The fraction of sp³-hybridized carbons (Fsp3) is 1.00. The molecule has 2 aliphatic rings. The lowest BCUT2D eigenvalue weighted by molar-refractivity contribution is 0.0290. The molecule has 0 amide bonds. The molecule has 0 spiro atoms. The van der Waals surface area contributed by atoms with Crippen molar-refractivity contribution < 1.29 is 0 Å². The molecule has 1 saturated heterocycles. The summed E-state index contributed by atoms with van der Waals surface area (Å²) < 4.78 is 0. The molecule has 2 fully saturated rings. The minimum Gasteiger partial charge on any atom is -0.311 e. The maximum absolute atomic E-state index is 3.77. The lowest BCUT2D eigenvalue weighted by Crippen LogP contribution is -2.61. The fourth-order valence-electron chi connectivity index (χ4n) is 4.29. The van der Waals surface area contributed by atoms with E-state index in [1.807, 2.05) is 0 Å². The zero-order valence-electron chi connectivity index (χ0n) is 13.7. The van der Waals surface area contributed by atoms with Gasteiger partial charge >= 0.3 is 0 Å². The van der Waals surface area contributed by atoms with Gasteiger partial charge in [-0.2, -0.15) is 0 Å². The van der Waals surface area contributed by atoms with Crippen molar-refractivity contribution in [3.63, 3.8) is 0 Å². The van der Waals surface area contributed by atoms with Crippen molar-refractivity contribution in [2.45, 2.75) is 78.4 Å². The van der Waals surface area contributed by atoms with E-state index in [0.29, 0.717) is 6.04 Å². The van der Waals surface area contributed by atoms with Gasteiger partial charge in [-0.15, -0.1) is 0 Å². The Bertz CT molecular complexity index is 266. The van der Waals surface area contributed by atoms with Crippen LogP contribution in [0.25, 0.3) is 0 Å². The van der Waals surface area contributed by atoms with Crippen LogP contribution in [0.5, 0.6) is 0 Å². The average molecular weight is 266 g/mol. The monoisotopic (exact) mass is 266 g/mol. The van der Waals surface area contributed by atoms with E-state index >= 15 is 0 Å². The minimum atomic E-state index is 0.690. The van der Waals surface area contributed by atoms with E-state index in [2.05, 4.69) is 44.8 Å². The summed E-state index contributed by atoms with van der Waals surface area (Å²) in [4.78, 5) is 2.87. The Hall–Kier alpha value is -0.0800. The number of hydrogen-bond donors (Lipinski definition) is 1. The van der Waals surface area contributed by atoms with Gasteiger partial charge in [0.25, 0.3) is 0 Å². The average Bonchev–Trinajstić information content (AvgIpc) is 2.36. The molecule has 4 atom stereocenters. The highest BCUT2D eigenvalue weighted by molar-refractivity contribution is 4.93. The van der Waals surface area contributed by atoms with Gasteiger partial charge in [0, 0.05) is 31.2 Å². The third-order valence-corrected chi connectivity index (χ3v) is 5.39. The SMILES string of the molecule is CCC1CNC(C(C)C)CN1C1CC(C)CC(C)C1. The van der Waals surface area contributed by atoms with Crippen LogP contribution in [0, 0.1) is 17.8 Å². The Kier molecular flexibility index (Phi) is 5.30. The van der Waals surface area contributed by atoms with E-state index in [-0.39, 0.29) is 0 Å². The molecule has 2 rings (SSSR count). The molecule has 0 aromatic rings. The molecule has 19 heavy (non-hydrogen) atoms. The van der Waals surface area contributed by atoms with Crippen LogP contribution in [-0.2, 0) is 0 Å². The summed E-state index contributed by atoms with van der Waals surface area (Å²) >= 11 is 0. The Labute approximate surface area is 120 Å². The molecule has 1 N–H and O–H groups in total. The summed E-state index contributed by atoms with van der Waals surface area (Å²) in [7, 11) is 0. The highest BCUT2D eigenvalue weighted by atomic mass is 15.3. The molecule has 112 valence electrons. The first-order valence-corrected chi connectivity index (χ1v) is 8.50. The number of piperazine rings is 1. The summed E-state index contributed by atoms with van der Waals surface area (Å²) in [5.41, 5.74) is 0. The molecule has 0 aromatic heterocycles. The van der Waals surface area contributed by atoms with Gasteiger partial charge in [0.15, 0.2) is 0 Å². The van der Waals surface area contributed by atoms with Crippen LogP contribution in [0.3, 0.4) is 0 Å². The van der Waals surface area contributed by atoms with Gasteiger partial charge < -0.3 is 5.32 Å². The summed E-state index contributed by atoms with van der Waals surface area (Å²) in [5, 5.41) is 3.77. The summed E-state index contributed by atoms with van der Waals surface area (Å²) in [5.74, 6) is 2.58. The molecule has 2 nitrogen and oxygen atoms in total. The fourth-order valence-corrected chi connectivity index (χ4v) is 4.29. The zero-order valence-corrected chi connectivity index (χ0v) is 13.7. The Morgan fingerprint density at radius 1 is 1.11 bits per heavy atom. The van der Waals surface area contributed by atoms with Gasteiger partial charge in [0.1, 0.15) is 0 Å². The predicted molar refractivity (Wildman–Crippen MR) is 83.4 cm³/mol. The molecule has 1 aliphatic carbocycles. The third kappa shape index (κ3) is 3.72. The van der Waals surface area contributed by atoms with Gasteiger partial charge in [0.2, 0.25) is 0 Å². The van der Waals surface area contributed by atoms with Crippen molar-refractivity contribution in [3.05, 3.63) is 0 Å². The second-order valence-corrected chi connectivity index (χ2v) is 7.59. The first kappa shape index (κ1) is 15.3. The van der Waals surface area contributed by atoms with Crippen LogP contribution in [0.15, 0.2) is 0 Å². The number of hydrogen-bond acceptors (Lipinski definition) is 2. The topological polar surface area (TPSA) is 15.3 Å². The van der Waals surface area contributed by atoms with Gasteiger partial charge in [-0.1, -0.05) is 34.6 Å². The standard InChI is InChI=1S/C17H34N2/c1-6-15-10-18-17(12(2)3)11-19(15)16-8-13(4)7-14(5)9-16/h12-18H,6-11H2,1-5H3. The van der Waals surface area contributed by atoms with Crippen LogP contribution in [-0.4, -0.2) is 36.1 Å². The molecule has 2 heteroatoms. The lowest BCUT2D eigenvalue weighted by atomic mass is 9.78. The van der Waals surface area contributed by atoms with E-state index in [9.17, 15) is 0 Å². The molecular formula is C17H34N2. The number of nitrogens with one attached hydrogen (secondary N) is 1. The van der Waals surface area contributed by atoms with E-state index in [0.717, 1.165) is 29.8 Å². The number of rotatable bonds is 3. The smallest absolute Gasteiger partial charge is 0.0221 e. The van der Waals surface area contributed by atoms with Crippen LogP contribution in [0.1, 0.15) is 60.3 Å². The second kappa shape index (κ2) is 6.58. The highest BCUT2D eigenvalue weighted by Crippen LogP contribution is 2.33. The Balaban J connectivity index is 2.04.